The van der Waals surface area contributed by atoms with E-state index in [9.17, 15) is 4.39 Å². The fourth-order valence-electron chi connectivity index (χ4n) is 4.17. The van der Waals surface area contributed by atoms with E-state index >= 15 is 0 Å². The molecule has 4 bridgehead atoms. The Morgan fingerprint density at radius 2 is 1.94 bits per heavy atom. The molecular weight excluding hydrogens is 231 g/mol. The van der Waals surface area contributed by atoms with Gasteiger partial charge in [0.25, 0.3) is 0 Å². The highest BCUT2D eigenvalue weighted by atomic mass is 19.1. The molecule has 3 aliphatic heterocycles. The van der Waals surface area contributed by atoms with Crippen LogP contribution in [0.15, 0.2) is 18.5 Å². The van der Waals surface area contributed by atoms with Crippen LogP contribution in [0.4, 0.5) is 4.39 Å². The molecule has 3 saturated heterocycles. The molecule has 4 aliphatic rings. The van der Waals surface area contributed by atoms with Crippen molar-refractivity contribution in [3.8, 4) is 5.75 Å². The molecule has 5 rings (SSSR count). The van der Waals surface area contributed by atoms with Crippen LogP contribution in [0.3, 0.4) is 0 Å². The third kappa shape index (κ3) is 1.70. The summed E-state index contributed by atoms with van der Waals surface area (Å²) in [7, 11) is 0. The number of rotatable bonds is 2. The van der Waals surface area contributed by atoms with E-state index in [2.05, 4.69) is 9.88 Å². The van der Waals surface area contributed by atoms with Gasteiger partial charge in [-0.25, -0.2) is 4.39 Å². The predicted molar refractivity (Wildman–Crippen MR) is 64.8 cm³/mol. The van der Waals surface area contributed by atoms with Crippen LogP contribution in [0.5, 0.6) is 5.75 Å². The number of pyridine rings is 1. The average molecular weight is 248 g/mol. The summed E-state index contributed by atoms with van der Waals surface area (Å²) in [4.78, 5) is 6.42. The van der Waals surface area contributed by atoms with Crippen molar-refractivity contribution in [3.63, 3.8) is 0 Å². The lowest BCUT2D eigenvalue weighted by atomic mass is 9.66. The minimum atomic E-state index is -0.319. The van der Waals surface area contributed by atoms with Gasteiger partial charge in [0.15, 0.2) is 0 Å². The molecule has 0 aromatic carbocycles. The number of ether oxygens (including phenoxy) is 1. The predicted octanol–water partition coefficient (Wildman–Crippen LogP) is 1.94. The molecule has 0 N–H and O–H groups in total. The fourth-order valence-corrected chi connectivity index (χ4v) is 4.17. The SMILES string of the molecule is Fc1cncc(OC2[C@H]3CC4C[C@H]2CN(C4)C3)c1. The molecule has 1 aromatic heterocycles. The van der Waals surface area contributed by atoms with E-state index in [0.717, 1.165) is 19.0 Å². The maximum atomic E-state index is 13.1. The Hall–Kier alpha value is -1.16. The van der Waals surface area contributed by atoms with Crippen LogP contribution < -0.4 is 4.74 Å². The third-order valence-electron chi connectivity index (χ3n) is 4.66. The maximum Gasteiger partial charge on any atom is 0.145 e. The Bertz CT molecular complexity index is 437. The first-order valence-corrected chi connectivity index (χ1v) is 6.77. The molecule has 4 heterocycles. The highest BCUT2D eigenvalue weighted by Crippen LogP contribution is 2.44. The third-order valence-corrected chi connectivity index (χ3v) is 4.66. The van der Waals surface area contributed by atoms with Gasteiger partial charge < -0.3 is 9.64 Å². The molecule has 0 radical (unpaired) electrons. The van der Waals surface area contributed by atoms with Gasteiger partial charge in [0.05, 0.1) is 12.4 Å². The van der Waals surface area contributed by atoms with Crippen molar-refractivity contribution in [2.24, 2.45) is 17.8 Å². The monoisotopic (exact) mass is 248 g/mol. The smallest absolute Gasteiger partial charge is 0.145 e. The van der Waals surface area contributed by atoms with Gasteiger partial charge in [-0.2, -0.15) is 0 Å². The number of piperidine rings is 3. The van der Waals surface area contributed by atoms with Crippen LogP contribution >= 0.6 is 0 Å². The largest absolute Gasteiger partial charge is 0.488 e. The minimum absolute atomic E-state index is 0.265. The number of nitrogens with zero attached hydrogens (tertiary/aromatic N) is 2. The summed E-state index contributed by atoms with van der Waals surface area (Å²) in [5.74, 6) is 2.38. The lowest BCUT2D eigenvalue weighted by Crippen LogP contribution is -2.61. The topological polar surface area (TPSA) is 25.4 Å². The summed E-state index contributed by atoms with van der Waals surface area (Å²) in [6.07, 6.45) is 5.66. The summed E-state index contributed by atoms with van der Waals surface area (Å²) in [6, 6.07) is 1.44. The molecule has 4 heteroatoms. The van der Waals surface area contributed by atoms with Crippen LogP contribution in [-0.2, 0) is 0 Å². The molecule has 1 aliphatic carbocycles. The molecule has 3 nitrogen and oxygen atoms in total. The van der Waals surface area contributed by atoms with Gasteiger partial charge in [-0.3, -0.25) is 4.98 Å². The zero-order valence-electron chi connectivity index (χ0n) is 10.3. The van der Waals surface area contributed by atoms with E-state index < -0.39 is 0 Å². The zero-order valence-corrected chi connectivity index (χ0v) is 10.3. The minimum Gasteiger partial charge on any atom is -0.488 e. The van der Waals surface area contributed by atoms with E-state index in [1.54, 1.807) is 6.20 Å². The quantitative estimate of drug-likeness (QED) is 0.799. The molecular formula is C14H17FN2O. The summed E-state index contributed by atoms with van der Waals surface area (Å²) in [5.41, 5.74) is 0. The highest BCUT2D eigenvalue weighted by molar-refractivity contribution is 5.18. The Kier molecular flexibility index (Phi) is 2.34. The van der Waals surface area contributed by atoms with Crippen LogP contribution in [0, 0.1) is 23.6 Å². The standard InChI is InChI=1S/C14H17FN2O/c15-12-3-13(5-16-4-12)18-14-10-1-9-2-11(14)8-17(6-9)7-10/h3-5,9-11,14H,1-2,6-8H2/t9?,10-,11-,14?/m0/s1. The Labute approximate surface area is 106 Å². The second kappa shape index (κ2) is 3.92. The van der Waals surface area contributed by atoms with Crippen molar-refractivity contribution >= 4 is 0 Å². The summed E-state index contributed by atoms with van der Waals surface area (Å²) < 4.78 is 19.2. The number of halogens is 1. The first kappa shape index (κ1) is 10.7. The Morgan fingerprint density at radius 1 is 1.17 bits per heavy atom. The number of hydrogen-bond donors (Lipinski definition) is 0. The van der Waals surface area contributed by atoms with E-state index in [1.165, 1.54) is 31.6 Å². The number of hydrogen-bond acceptors (Lipinski definition) is 3. The average Bonchev–Trinajstić information content (AvgIpc) is 2.33. The van der Waals surface area contributed by atoms with Gasteiger partial charge in [0.2, 0.25) is 0 Å². The molecule has 0 unspecified atom stereocenters. The van der Waals surface area contributed by atoms with E-state index in [4.69, 9.17) is 4.74 Å². The van der Waals surface area contributed by atoms with E-state index in [-0.39, 0.29) is 11.9 Å². The zero-order chi connectivity index (χ0) is 12.1. The molecule has 18 heavy (non-hydrogen) atoms. The van der Waals surface area contributed by atoms with Crippen LogP contribution in [0.1, 0.15) is 12.8 Å². The van der Waals surface area contributed by atoms with Crippen LogP contribution in [-0.4, -0.2) is 35.6 Å². The van der Waals surface area contributed by atoms with Crippen LogP contribution in [0.25, 0.3) is 0 Å². The van der Waals surface area contributed by atoms with Gasteiger partial charge in [0, 0.05) is 37.5 Å². The van der Waals surface area contributed by atoms with Crippen molar-refractivity contribution in [2.75, 3.05) is 19.6 Å². The van der Waals surface area contributed by atoms with E-state index in [0.29, 0.717) is 17.6 Å². The van der Waals surface area contributed by atoms with Gasteiger partial charge in [0.1, 0.15) is 17.7 Å². The van der Waals surface area contributed by atoms with Crippen molar-refractivity contribution in [1.82, 2.24) is 9.88 Å². The second-order valence-electron chi connectivity index (χ2n) is 6.00. The fraction of sp³-hybridized carbons (Fsp3) is 0.643. The van der Waals surface area contributed by atoms with Crippen molar-refractivity contribution in [3.05, 3.63) is 24.3 Å². The lowest BCUT2D eigenvalue weighted by molar-refractivity contribution is -0.0986. The van der Waals surface area contributed by atoms with Gasteiger partial charge in [-0.05, 0) is 18.8 Å². The Balaban J connectivity index is 1.55. The molecule has 2 atom stereocenters. The second-order valence-corrected chi connectivity index (χ2v) is 6.00. The molecule has 0 amide bonds. The molecule has 1 saturated carbocycles. The van der Waals surface area contributed by atoms with Crippen molar-refractivity contribution in [2.45, 2.75) is 18.9 Å². The van der Waals surface area contributed by atoms with Crippen molar-refractivity contribution in [1.29, 1.82) is 0 Å². The number of aromatic nitrogens is 1. The van der Waals surface area contributed by atoms with Gasteiger partial charge in [-0.1, -0.05) is 0 Å². The highest BCUT2D eigenvalue weighted by Gasteiger charge is 2.48. The summed E-state index contributed by atoms with van der Waals surface area (Å²) in [5, 5.41) is 0. The Morgan fingerprint density at radius 3 is 2.61 bits per heavy atom. The summed E-state index contributed by atoms with van der Waals surface area (Å²) >= 11 is 0. The molecule has 96 valence electrons. The van der Waals surface area contributed by atoms with Gasteiger partial charge in [-0.15, -0.1) is 0 Å². The van der Waals surface area contributed by atoms with E-state index in [1.807, 2.05) is 0 Å². The first-order chi connectivity index (χ1) is 8.78. The van der Waals surface area contributed by atoms with Crippen LogP contribution in [0.2, 0.25) is 0 Å². The normalized spacial score (nSPS) is 41.1. The molecule has 0 spiro atoms. The van der Waals surface area contributed by atoms with Gasteiger partial charge >= 0.3 is 0 Å². The first-order valence-electron chi connectivity index (χ1n) is 6.77. The maximum absolute atomic E-state index is 13.1. The molecule has 1 aromatic rings. The summed E-state index contributed by atoms with van der Waals surface area (Å²) in [6.45, 7) is 3.59. The lowest BCUT2D eigenvalue weighted by Gasteiger charge is -2.55. The van der Waals surface area contributed by atoms with Crippen molar-refractivity contribution < 1.29 is 9.13 Å². The molecule has 4 fully saturated rings.